The van der Waals surface area contributed by atoms with Crippen LogP contribution in [0.4, 0.5) is 5.69 Å². The van der Waals surface area contributed by atoms with Gasteiger partial charge in [-0.25, -0.2) is 8.42 Å². The van der Waals surface area contributed by atoms with E-state index in [2.05, 4.69) is 0 Å². The summed E-state index contributed by atoms with van der Waals surface area (Å²) in [4.78, 5) is 13.1. The van der Waals surface area contributed by atoms with Crippen LogP contribution in [-0.4, -0.2) is 68.1 Å². The molecular formula is C24H30Cl3N5O5S. The van der Waals surface area contributed by atoms with Crippen LogP contribution in [0.5, 0.6) is 5.75 Å². The van der Waals surface area contributed by atoms with E-state index in [1.807, 2.05) is 4.90 Å². The minimum Gasteiger partial charge on any atom is -0.490 e. The number of nitrogens with two attached hydrogens (primary N) is 1. The number of ether oxygens (including phenoxy) is 1. The van der Waals surface area contributed by atoms with Gasteiger partial charge < -0.3 is 20.5 Å². The fraction of sp³-hybridized carbons (Fsp3) is 0.292. The highest BCUT2D eigenvalue weighted by atomic mass is 35.5. The molecule has 2 aromatic carbocycles. The lowest BCUT2D eigenvalue weighted by Gasteiger charge is -2.30. The molecule has 0 spiro atoms. The molecule has 1 heterocycles. The minimum absolute atomic E-state index is 0. The first-order chi connectivity index (χ1) is 17.1. The molecule has 0 atom stereocenters. The van der Waals surface area contributed by atoms with Gasteiger partial charge in [-0.3, -0.25) is 19.9 Å². The van der Waals surface area contributed by atoms with E-state index in [1.165, 1.54) is 18.5 Å². The molecule has 0 radical (unpaired) electrons. The van der Waals surface area contributed by atoms with Crippen LogP contribution in [-0.2, 0) is 14.8 Å². The number of benzene rings is 2. The van der Waals surface area contributed by atoms with Gasteiger partial charge in [0, 0.05) is 37.6 Å². The van der Waals surface area contributed by atoms with Crippen molar-refractivity contribution in [2.24, 2.45) is 5.73 Å². The molecule has 0 aromatic heterocycles. The number of carbonyl (C=O) groups is 1. The van der Waals surface area contributed by atoms with Gasteiger partial charge in [-0.05, 0) is 23.8 Å². The van der Waals surface area contributed by atoms with Crippen molar-refractivity contribution in [2.75, 3.05) is 29.7 Å². The van der Waals surface area contributed by atoms with Crippen molar-refractivity contribution in [3.63, 3.8) is 0 Å². The number of aliphatic carboxylic acids is 1. The van der Waals surface area contributed by atoms with Gasteiger partial charge in [-0.2, -0.15) is 0 Å². The normalized spacial score (nSPS) is 13.8. The van der Waals surface area contributed by atoms with Crippen LogP contribution in [0, 0.1) is 10.8 Å². The number of piperidine rings is 1. The summed E-state index contributed by atoms with van der Waals surface area (Å²) in [5.74, 6) is -2.19. The average molecular weight is 607 g/mol. The van der Waals surface area contributed by atoms with Crippen LogP contribution in [0.1, 0.15) is 24.0 Å². The topological polar surface area (TPSA) is 161 Å². The summed E-state index contributed by atoms with van der Waals surface area (Å²) in [5.41, 5.74) is 6.87. The first-order valence-corrected chi connectivity index (χ1v) is 13.1. The maximum Gasteiger partial charge on any atom is 0.320 e. The minimum atomic E-state index is -4.25. The van der Waals surface area contributed by atoms with Gasteiger partial charge >= 0.3 is 5.97 Å². The van der Waals surface area contributed by atoms with Crippen molar-refractivity contribution in [1.82, 2.24) is 4.90 Å². The summed E-state index contributed by atoms with van der Waals surface area (Å²) in [6.45, 7) is 1.26. The number of carboxylic acid groups (broad SMARTS) is 1. The third kappa shape index (κ3) is 9.09. The average Bonchev–Trinajstić information content (AvgIpc) is 2.82. The number of amidine groups is 1. The van der Waals surface area contributed by atoms with Gasteiger partial charge in [0.25, 0.3) is 0 Å². The van der Waals surface area contributed by atoms with Crippen LogP contribution in [0.25, 0.3) is 6.08 Å². The van der Waals surface area contributed by atoms with E-state index < -0.39 is 21.7 Å². The molecule has 2 aromatic rings. The van der Waals surface area contributed by atoms with E-state index in [4.69, 9.17) is 38.0 Å². The van der Waals surface area contributed by atoms with E-state index in [1.54, 1.807) is 42.5 Å². The molecule has 10 nitrogen and oxygen atoms in total. The lowest BCUT2D eigenvalue weighted by Crippen LogP contribution is -2.37. The predicted octanol–water partition coefficient (Wildman–Crippen LogP) is 3.85. The fourth-order valence-corrected chi connectivity index (χ4v) is 5.33. The van der Waals surface area contributed by atoms with Crippen molar-refractivity contribution in [3.05, 3.63) is 64.7 Å². The van der Waals surface area contributed by atoms with Gasteiger partial charge in [-0.1, -0.05) is 42.0 Å². The highest BCUT2D eigenvalue weighted by molar-refractivity contribution is 7.93. The first-order valence-electron chi connectivity index (χ1n) is 11.1. The van der Waals surface area contributed by atoms with E-state index >= 15 is 0 Å². The Hall–Kier alpha value is -2.99. The Kier molecular flexibility index (Phi) is 12.9. The Balaban J connectivity index is 0.00000361. The third-order valence-corrected chi connectivity index (χ3v) is 7.50. The zero-order valence-corrected chi connectivity index (χ0v) is 23.5. The molecule has 208 valence electrons. The number of sulfonamides is 1. The van der Waals surface area contributed by atoms with E-state index in [-0.39, 0.29) is 54.0 Å². The van der Waals surface area contributed by atoms with Crippen molar-refractivity contribution in [1.29, 1.82) is 10.8 Å². The Morgan fingerprint density at radius 2 is 1.89 bits per heavy atom. The highest BCUT2D eigenvalue weighted by Gasteiger charge is 2.27. The van der Waals surface area contributed by atoms with Crippen molar-refractivity contribution < 1.29 is 23.1 Å². The quantitative estimate of drug-likeness (QED) is 0.223. The number of halogens is 3. The van der Waals surface area contributed by atoms with E-state index in [0.29, 0.717) is 30.0 Å². The van der Waals surface area contributed by atoms with Crippen LogP contribution in [0.3, 0.4) is 0 Å². The summed E-state index contributed by atoms with van der Waals surface area (Å²) in [6, 6.07) is 11.5. The van der Waals surface area contributed by atoms with Gasteiger partial charge in [-0.15, -0.1) is 24.8 Å². The first kappa shape index (κ1) is 33.0. The zero-order chi connectivity index (χ0) is 26.3. The second-order valence-electron chi connectivity index (χ2n) is 8.22. The maximum absolute atomic E-state index is 12.9. The second-order valence-corrected chi connectivity index (χ2v) is 10.5. The summed E-state index contributed by atoms with van der Waals surface area (Å²) < 4.78 is 32.7. The molecule has 38 heavy (non-hydrogen) atoms. The molecule has 1 fully saturated rings. The van der Waals surface area contributed by atoms with Crippen LogP contribution < -0.4 is 14.8 Å². The van der Waals surface area contributed by atoms with Crippen molar-refractivity contribution in [2.45, 2.75) is 18.9 Å². The lowest BCUT2D eigenvalue weighted by molar-refractivity contribution is -0.134. The molecule has 0 amide bonds. The molecule has 3 rings (SSSR count). The molecule has 5 N–H and O–H groups in total. The number of nitrogens with one attached hydrogen (secondary N) is 2. The number of hydrogen-bond donors (Lipinski definition) is 4. The Bertz CT molecular complexity index is 1270. The standard InChI is InChI=1S/C24H28ClN5O5S.2ClH/c25-21-14-20(35-19-8-11-29(16-26)12-9-19)6-7-22(21)30(36(33,34)15-23(31)32)10-2-4-17-3-1-5-18(13-17)24(27)28;;/h1-7,13-14,16,19,26H,8-12,15H2,(H3,27,28)(H,31,32);2*1H/b4-2+,26-16?;;. The molecule has 1 aliphatic rings. The van der Waals surface area contributed by atoms with Crippen LogP contribution in [0.15, 0.2) is 48.5 Å². The molecule has 0 aliphatic carbocycles. The number of hydrogen-bond acceptors (Lipinski definition) is 6. The highest BCUT2D eigenvalue weighted by Crippen LogP contribution is 2.33. The van der Waals surface area contributed by atoms with Crippen LogP contribution >= 0.6 is 36.4 Å². The monoisotopic (exact) mass is 605 g/mol. The Labute approximate surface area is 239 Å². The van der Waals surface area contributed by atoms with E-state index in [0.717, 1.165) is 17.1 Å². The van der Waals surface area contributed by atoms with Crippen molar-refractivity contribution >= 4 is 76.3 Å². The second kappa shape index (κ2) is 14.8. The summed E-state index contributed by atoms with van der Waals surface area (Å²) >= 11 is 6.45. The predicted molar refractivity (Wildman–Crippen MR) is 155 cm³/mol. The number of nitrogens with zero attached hydrogens (tertiary/aromatic N) is 2. The largest absolute Gasteiger partial charge is 0.490 e. The smallest absolute Gasteiger partial charge is 0.320 e. The zero-order valence-electron chi connectivity index (χ0n) is 20.2. The van der Waals surface area contributed by atoms with Gasteiger partial charge in [0.1, 0.15) is 17.7 Å². The molecule has 0 unspecified atom stereocenters. The number of anilines is 1. The Morgan fingerprint density at radius 1 is 1.21 bits per heavy atom. The number of carboxylic acids is 1. The molecule has 1 aliphatic heterocycles. The molecule has 0 bridgehead atoms. The summed E-state index contributed by atoms with van der Waals surface area (Å²) in [7, 11) is -4.25. The molecule has 0 saturated carbocycles. The maximum atomic E-state index is 12.9. The van der Waals surface area contributed by atoms with Gasteiger partial charge in [0.05, 0.1) is 23.6 Å². The number of nitrogen functional groups attached to an aromatic ring is 1. The SMILES string of the molecule is Cl.Cl.N=CN1CCC(Oc2ccc(N(C/C=C/c3cccc(C(=N)N)c3)S(=O)(=O)CC(=O)O)c(Cl)c2)CC1. The van der Waals surface area contributed by atoms with E-state index in [9.17, 15) is 13.2 Å². The number of likely N-dealkylation sites (tertiary alicyclic amines) is 1. The molecule has 1 saturated heterocycles. The fourth-order valence-electron chi connectivity index (χ4n) is 3.77. The third-order valence-electron chi connectivity index (χ3n) is 5.57. The summed E-state index contributed by atoms with van der Waals surface area (Å²) in [6.07, 6.45) is 5.96. The van der Waals surface area contributed by atoms with Gasteiger partial charge in [0.15, 0.2) is 5.75 Å². The molecular weight excluding hydrogens is 577 g/mol. The lowest BCUT2D eigenvalue weighted by atomic mass is 10.1. The van der Waals surface area contributed by atoms with Crippen molar-refractivity contribution in [3.8, 4) is 5.75 Å². The van der Waals surface area contributed by atoms with Crippen LogP contribution in [0.2, 0.25) is 5.02 Å². The van der Waals surface area contributed by atoms with Gasteiger partial charge in [0.2, 0.25) is 10.0 Å². The number of rotatable bonds is 11. The Morgan fingerprint density at radius 3 is 2.47 bits per heavy atom. The summed E-state index contributed by atoms with van der Waals surface area (Å²) in [5, 5.41) is 24.1. The molecule has 14 heteroatoms.